The van der Waals surface area contributed by atoms with Crippen LogP contribution in [0.2, 0.25) is 0 Å². The normalized spacial score (nSPS) is 26.4. The highest BCUT2D eigenvalue weighted by Crippen LogP contribution is 2.92. The number of nitrogens with one attached hydrogen (secondary N) is 1. The first-order chi connectivity index (χ1) is 11.7. The highest BCUT2D eigenvalue weighted by atomic mass is 16.2. The first-order valence-corrected chi connectivity index (χ1v) is 9.17. The van der Waals surface area contributed by atoms with Crippen LogP contribution in [0.15, 0.2) is 24.4 Å². The number of rotatable bonds is 3. The van der Waals surface area contributed by atoms with Crippen molar-refractivity contribution in [1.29, 1.82) is 0 Å². The van der Waals surface area contributed by atoms with Crippen LogP contribution >= 0.6 is 0 Å². The summed E-state index contributed by atoms with van der Waals surface area (Å²) >= 11 is 0. The lowest BCUT2D eigenvalue weighted by atomic mass is 9.95. The van der Waals surface area contributed by atoms with Crippen molar-refractivity contribution in [3.8, 4) is 0 Å². The van der Waals surface area contributed by atoms with Crippen LogP contribution in [0.4, 0.5) is 5.82 Å². The number of anilines is 1. The van der Waals surface area contributed by atoms with E-state index >= 15 is 0 Å². The predicted octanol–water partition coefficient (Wildman–Crippen LogP) is 2.45. The van der Waals surface area contributed by atoms with Crippen LogP contribution in [0.3, 0.4) is 0 Å². The molecular formula is C19H23N3O2. The summed E-state index contributed by atoms with van der Waals surface area (Å²) in [4.78, 5) is 31.4. The first-order valence-electron chi connectivity index (χ1n) is 9.17. The third kappa shape index (κ3) is 1.96. The molecule has 4 fully saturated rings. The highest BCUT2D eigenvalue weighted by Gasteiger charge is 2.88. The molecule has 0 unspecified atom stereocenters. The molecule has 0 atom stereocenters. The van der Waals surface area contributed by atoms with E-state index in [-0.39, 0.29) is 11.8 Å². The van der Waals surface area contributed by atoms with Gasteiger partial charge in [-0.3, -0.25) is 9.59 Å². The second kappa shape index (κ2) is 4.80. The third-order valence-corrected chi connectivity index (χ3v) is 6.93. The predicted molar refractivity (Wildman–Crippen MR) is 89.0 cm³/mol. The average molecular weight is 325 g/mol. The summed E-state index contributed by atoms with van der Waals surface area (Å²) < 4.78 is 0. The Morgan fingerprint density at radius 2 is 1.75 bits per heavy atom. The number of hydrogen-bond donors (Lipinski definition) is 1. The van der Waals surface area contributed by atoms with Crippen LogP contribution in [-0.4, -0.2) is 34.8 Å². The second-order valence-electron chi connectivity index (χ2n) is 8.05. The van der Waals surface area contributed by atoms with Gasteiger partial charge < -0.3 is 10.2 Å². The lowest BCUT2D eigenvalue weighted by molar-refractivity contribution is -0.136. The summed E-state index contributed by atoms with van der Waals surface area (Å²) in [5, 5.41) is 2.88. The first kappa shape index (κ1) is 14.4. The van der Waals surface area contributed by atoms with Gasteiger partial charge in [0.05, 0.1) is 5.92 Å². The number of fused-ring (bicyclic) bond motifs is 1. The van der Waals surface area contributed by atoms with Gasteiger partial charge in [-0.25, -0.2) is 4.98 Å². The molecule has 1 aromatic rings. The monoisotopic (exact) mass is 325 g/mol. The molecule has 3 aliphatic carbocycles. The Labute approximate surface area is 141 Å². The molecule has 1 N–H and O–H groups in total. The van der Waals surface area contributed by atoms with Crippen molar-refractivity contribution < 1.29 is 9.59 Å². The fraction of sp³-hybridized carbons (Fsp3) is 0.632. The molecule has 0 aromatic carbocycles. The van der Waals surface area contributed by atoms with Crippen molar-refractivity contribution >= 4 is 17.6 Å². The number of carbonyl (C=O) groups is 2. The van der Waals surface area contributed by atoms with Gasteiger partial charge in [-0.2, -0.15) is 0 Å². The van der Waals surface area contributed by atoms with E-state index in [0.29, 0.717) is 28.5 Å². The lowest BCUT2D eigenvalue weighted by Crippen LogP contribution is -2.42. The minimum Gasteiger partial charge on any atom is -0.342 e. The molecule has 24 heavy (non-hydrogen) atoms. The number of nitrogens with zero attached hydrogens (tertiary/aromatic N) is 2. The van der Waals surface area contributed by atoms with Gasteiger partial charge in [0, 0.05) is 25.2 Å². The Kier molecular flexibility index (Phi) is 2.89. The average Bonchev–Trinajstić information content (AvgIpc) is 3.53. The standard InChI is InChI=1S/C19H23N3O2/c23-16(21-14-3-1-2-10-20-14)13-4-11-22(12-5-13)17(24)15-18(6-7-18)19(15)8-9-19/h1-3,10,13,15H,4-9,11-12H2,(H,20,21,23). The SMILES string of the molecule is O=C(Nc1ccccn1)C1CCN(C(=O)C2C3(CC3)C23CC3)CC1. The van der Waals surface area contributed by atoms with E-state index in [1.807, 2.05) is 17.0 Å². The quantitative estimate of drug-likeness (QED) is 0.928. The Hall–Kier alpha value is -1.91. The van der Waals surface area contributed by atoms with Gasteiger partial charge in [-0.15, -0.1) is 0 Å². The maximum absolute atomic E-state index is 12.9. The van der Waals surface area contributed by atoms with Crippen LogP contribution in [0, 0.1) is 22.7 Å². The Balaban J connectivity index is 1.16. The van der Waals surface area contributed by atoms with Crippen LogP contribution < -0.4 is 5.32 Å². The van der Waals surface area contributed by atoms with E-state index in [0.717, 1.165) is 25.9 Å². The zero-order valence-electron chi connectivity index (χ0n) is 13.8. The zero-order chi connectivity index (χ0) is 16.4. The van der Waals surface area contributed by atoms with Gasteiger partial charge in [0.2, 0.25) is 11.8 Å². The fourth-order valence-electron chi connectivity index (χ4n) is 5.26. The van der Waals surface area contributed by atoms with Gasteiger partial charge in [0.15, 0.2) is 0 Å². The Morgan fingerprint density at radius 3 is 2.29 bits per heavy atom. The second-order valence-corrected chi connectivity index (χ2v) is 8.05. The summed E-state index contributed by atoms with van der Waals surface area (Å²) in [6, 6.07) is 5.49. The van der Waals surface area contributed by atoms with Crippen LogP contribution in [0.1, 0.15) is 38.5 Å². The summed E-state index contributed by atoms with van der Waals surface area (Å²) in [5.74, 6) is 1.33. The van der Waals surface area contributed by atoms with Gasteiger partial charge >= 0.3 is 0 Å². The van der Waals surface area contributed by atoms with Gasteiger partial charge in [-0.05, 0) is 61.5 Å². The summed E-state index contributed by atoms with van der Waals surface area (Å²) in [5.41, 5.74) is 0.856. The van der Waals surface area contributed by atoms with Gasteiger partial charge in [-0.1, -0.05) is 6.07 Å². The van der Waals surface area contributed by atoms with Crippen molar-refractivity contribution in [2.45, 2.75) is 38.5 Å². The lowest BCUT2D eigenvalue weighted by Gasteiger charge is -2.31. The molecule has 0 radical (unpaired) electrons. The Bertz CT molecular complexity index is 668. The molecule has 2 heterocycles. The maximum atomic E-state index is 12.9. The fourth-order valence-corrected chi connectivity index (χ4v) is 5.26. The highest BCUT2D eigenvalue weighted by molar-refractivity contribution is 5.92. The summed E-state index contributed by atoms with van der Waals surface area (Å²) in [6.45, 7) is 1.45. The molecule has 4 aliphatic rings. The number of likely N-dealkylation sites (tertiary alicyclic amines) is 1. The van der Waals surface area contributed by atoms with E-state index in [1.165, 1.54) is 25.7 Å². The molecule has 0 bridgehead atoms. The number of aromatic nitrogens is 1. The topological polar surface area (TPSA) is 62.3 Å². The van der Waals surface area contributed by atoms with E-state index < -0.39 is 0 Å². The molecule has 1 aliphatic heterocycles. The molecule has 5 nitrogen and oxygen atoms in total. The van der Waals surface area contributed by atoms with Crippen molar-refractivity contribution in [3.63, 3.8) is 0 Å². The molecule has 1 saturated heterocycles. The molecule has 5 heteroatoms. The van der Waals surface area contributed by atoms with Crippen molar-refractivity contribution in [3.05, 3.63) is 24.4 Å². The number of amides is 2. The number of piperidine rings is 1. The minimum absolute atomic E-state index is 0.0139. The Morgan fingerprint density at radius 1 is 1.08 bits per heavy atom. The molecule has 1 aromatic heterocycles. The van der Waals surface area contributed by atoms with E-state index in [4.69, 9.17) is 0 Å². The van der Waals surface area contributed by atoms with Crippen LogP contribution in [-0.2, 0) is 9.59 Å². The zero-order valence-corrected chi connectivity index (χ0v) is 13.8. The molecule has 5 rings (SSSR count). The number of hydrogen-bond acceptors (Lipinski definition) is 3. The van der Waals surface area contributed by atoms with Crippen LogP contribution in [0.25, 0.3) is 0 Å². The van der Waals surface area contributed by atoms with E-state index in [9.17, 15) is 9.59 Å². The molecule has 2 spiro atoms. The van der Waals surface area contributed by atoms with Gasteiger partial charge in [0.25, 0.3) is 0 Å². The van der Waals surface area contributed by atoms with E-state index in [1.54, 1.807) is 12.3 Å². The van der Waals surface area contributed by atoms with E-state index in [2.05, 4.69) is 10.3 Å². The molecule has 126 valence electrons. The third-order valence-electron chi connectivity index (χ3n) is 6.93. The molecular weight excluding hydrogens is 302 g/mol. The number of pyridine rings is 1. The summed E-state index contributed by atoms with van der Waals surface area (Å²) in [6.07, 6.45) is 8.28. The maximum Gasteiger partial charge on any atom is 0.228 e. The smallest absolute Gasteiger partial charge is 0.228 e. The molecule has 2 amide bonds. The van der Waals surface area contributed by atoms with Crippen molar-refractivity contribution in [2.24, 2.45) is 22.7 Å². The van der Waals surface area contributed by atoms with Crippen molar-refractivity contribution in [2.75, 3.05) is 18.4 Å². The van der Waals surface area contributed by atoms with Crippen molar-refractivity contribution in [1.82, 2.24) is 9.88 Å². The van der Waals surface area contributed by atoms with Crippen LogP contribution in [0.5, 0.6) is 0 Å². The van der Waals surface area contributed by atoms with Gasteiger partial charge in [0.1, 0.15) is 5.82 Å². The number of carbonyl (C=O) groups excluding carboxylic acids is 2. The minimum atomic E-state index is -0.0139. The summed E-state index contributed by atoms with van der Waals surface area (Å²) in [7, 11) is 0. The molecule has 3 saturated carbocycles. The largest absolute Gasteiger partial charge is 0.342 e.